The lowest BCUT2D eigenvalue weighted by atomic mass is 9.86. The van der Waals surface area contributed by atoms with Crippen LogP contribution in [0.5, 0.6) is 0 Å². The number of benzene rings is 2. The number of aryl methyl sites for hydroxylation is 1. The average molecular weight is 499 g/mol. The molecular weight excluding hydrogens is 468 g/mol. The summed E-state index contributed by atoms with van der Waals surface area (Å²) in [7, 11) is -4.05. The van der Waals surface area contributed by atoms with E-state index in [0.717, 1.165) is 24.8 Å². The fourth-order valence-electron chi connectivity index (χ4n) is 5.15. The van der Waals surface area contributed by atoms with Gasteiger partial charge in [0.05, 0.1) is 10.5 Å². The Morgan fingerprint density at radius 3 is 2.31 bits per heavy atom. The van der Waals surface area contributed by atoms with Gasteiger partial charge in [-0.05, 0) is 49.6 Å². The summed E-state index contributed by atoms with van der Waals surface area (Å²) in [6.07, 6.45) is 1.51. The molecule has 0 unspecified atom stereocenters. The predicted molar refractivity (Wildman–Crippen MR) is 128 cm³/mol. The molecule has 1 aliphatic heterocycles. The summed E-state index contributed by atoms with van der Waals surface area (Å²) in [5.74, 6) is -1.32. The van der Waals surface area contributed by atoms with E-state index >= 15 is 0 Å². The van der Waals surface area contributed by atoms with Crippen LogP contribution in [-0.4, -0.2) is 44.6 Å². The van der Waals surface area contributed by atoms with Crippen molar-refractivity contribution in [3.8, 4) is 0 Å². The van der Waals surface area contributed by atoms with Crippen LogP contribution in [0, 0.1) is 6.92 Å². The maximum absolute atomic E-state index is 13.1. The minimum absolute atomic E-state index is 0.0780. The zero-order chi connectivity index (χ0) is 24.6. The van der Waals surface area contributed by atoms with Gasteiger partial charge in [-0.3, -0.25) is 4.18 Å². The Hall–Kier alpha value is -2.52. The lowest BCUT2D eigenvalue weighted by molar-refractivity contribution is -0.200. The molecule has 0 radical (unpaired) electrons. The highest BCUT2D eigenvalue weighted by molar-refractivity contribution is 7.86. The number of hydrogen-bond donors (Lipinski definition) is 0. The number of carbonyl (C=O) groups is 1. The molecule has 7 nitrogen and oxygen atoms in total. The Bertz CT molecular complexity index is 1180. The molecule has 2 aliphatic carbocycles. The smallest absolute Gasteiger partial charge is 0.338 e. The Labute approximate surface area is 206 Å². The molecule has 1 heterocycles. The molecular formula is C27H30O7S. The summed E-state index contributed by atoms with van der Waals surface area (Å²) in [6, 6.07) is 15.2. The molecule has 2 saturated carbocycles. The van der Waals surface area contributed by atoms with E-state index in [1.807, 2.05) is 13.0 Å². The van der Waals surface area contributed by atoms with Crippen molar-refractivity contribution in [2.45, 2.75) is 80.5 Å². The van der Waals surface area contributed by atoms with E-state index in [2.05, 4.69) is 6.58 Å². The highest BCUT2D eigenvalue weighted by atomic mass is 32.2. The Balaban J connectivity index is 1.41. The van der Waals surface area contributed by atoms with Gasteiger partial charge in [0, 0.05) is 19.3 Å². The Morgan fingerprint density at radius 2 is 1.63 bits per heavy atom. The van der Waals surface area contributed by atoms with Crippen LogP contribution in [0.15, 0.2) is 71.6 Å². The maximum Gasteiger partial charge on any atom is 0.338 e. The van der Waals surface area contributed by atoms with Gasteiger partial charge in [0.15, 0.2) is 11.9 Å². The number of ether oxygens (including phenoxy) is 3. The lowest BCUT2D eigenvalue weighted by Crippen LogP contribution is -2.51. The molecule has 186 valence electrons. The fraction of sp³-hybridized carbons (Fsp3) is 0.444. The lowest BCUT2D eigenvalue weighted by Gasteiger charge is -2.37. The number of hydrogen-bond acceptors (Lipinski definition) is 7. The summed E-state index contributed by atoms with van der Waals surface area (Å²) in [5.41, 5.74) is 1.91. The normalized spacial score (nSPS) is 28.0. The third kappa shape index (κ3) is 4.93. The van der Waals surface area contributed by atoms with Gasteiger partial charge in [0.25, 0.3) is 10.1 Å². The monoisotopic (exact) mass is 498 g/mol. The van der Waals surface area contributed by atoms with E-state index in [0.29, 0.717) is 24.0 Å². The molecule has 0 N–H and O–H groups in total. The molecule has 0 amide bonds. The van der Waals surface area contributed by atoms with E-state index in [9.17, 15) is 13.2 Å². The molecule has 2 aromatic carbocycles. The van der Waals surface area contributed by atoms with Crippen LogP contribution in [0.3, 0.4) is 0 Å². The highest BCUT2D eigenvalue weighted by Gasteiger charge is 2.58. The summed E-state index contributed by atoms with van der Waals surface area (Å²) in [4.78, 5) is 12.9. The molecule has 35 heavy (non-hydrogen) atoms. The molecule has 2 aromatic rings. The van der Waals surface area contributed by atoms with Crippen LogP contribution in [0.25, 0.3) is 0 Å². The quantitative estimate of drug-likeness (QED) is 0.335. The van der Waals surface area contributed by atoms with Gasteiger partial charge in [-0.15, -0.1) is 0 Å². The zero-order valence-electron chi connectivity index (χ0n) is 19.7. The molecule has 0 bridgehead atoms. The molecule has 4 atom stereocenters. The first kappa shape index (κ1) is 24.2. The van der Waals surface area contributed by atoms with Crippen LogP contribution in [0.2, 0.25) is 0 Å². The van der Waals surface area contributed by atoms with Gasteiger partial charge in [-0.1, -0.05) is 48.9 Å². The molecule has 5 rings (SSSR count). The second-order valence-electron chi connectivity index (χ2n) is 9.59. The van der Waals surface area contributed by atoms with Crippen molar-refractivity contribution in [1.82, 2.24) is 0 Å². The summed E-state index contributed by atoms with van der Waals surface area (Å²) in [5, 5.41) is 0. The maximum atomic E-state index is 13.1. The zero-order valence-corrected chi connectivity index (χ0v) is 20.5. The SMILES string of the molecule is C=C1C[C@@H](OS(=O)(=O)c2ccc(C)cc2)[C@@H]2OC3(CCCCC3)O[C@H]2[C@@H]1OC(=O)c1ccccc1. The van der Waals surface area contributed by atoms with Gasteiger partial charge < -0.3 is 14.2 Å². The van der Waals surface area contributed by atoms with E-state index in [1.165, 1.54) is 12.1 Å². The molecule has 3 aliphatic rings. The van der Waals surface area contributed by atoms with Gasteiger partial charge in [-0.2, -0.15) is 8.42 Å². The van der Waals surface area contributed by atoms with Crippen molar-refractivity contribution >= 4 is 16.1 Å². The van der Waals surface area contributed by atoms with Crippen molar-refractivity contribution in [1.29, 1.82) is 0 Å². The van der Waals surface area contributed by atoms with Gasteiger partial charge in [0.2, 0.25) is 0 Å². The highest BCUT2D eigenvalue weighted by Crippen LogP contribution is 2.47. The first-order chi connectivity index (χ1) is 16.8. The van der Waals surface area contributed by atoms with E-state index in [4.69, 9.17) is 18.4 Å². The standard InChI is InChI=1S/C27H30O7S/c1-18-11-13-21(14-12-18)35(29,30)34-22-17-19(2)23(31-26(28)20-9-5-3-6-10-20)25-24(22)32-27(33-25)15-7-4-8-16-27/h3,5-6,9-14,22-25H,2,4,7-8,15-17H2,1H3/t22-,23-,24+,25+/m1/s1. The van der Waals surface area contributed by atoms with E-state index in [1.54, 1.807) is 36.4 Å². The topological polar surface area (TPSA) is 88.1 Å². The largest absolute Gasteiger partial charge is 0.451 e. The molecule has 1 saturated heterocycles. The average Bonchev–Trinajstić information content (AvgIpc) is 3.21. The number of carbonyl (C=O) groups excluding carboxylic acids is 1. The Kier molecular flexibility index (Phi) is 6.57. The van der Waals surface area contributed by atoms with E-state index in [-0.39, 0.29) is 11.3 Å². The summed E-state index contributed by atoms with van der Waals surface area (Å²) in [6.45, 7) is 6.00. The van der Waals surface area contributed by atoms with Crippen LogP contribution in [-0.2, 0) is 28.5 Å². The van der Waals surface area contributed by atoms with Crippen LogP contribution >= 0.6 is 0 Å². The van der Waals surface area contributed by atoms with Crippen LogP contribution in [0.4, 0.5) is 0 Å². The third-order valence-corrected chi connectivity index (χ3v) is 8.32. The number of fused-ring (bicyclic) bond motifs is 1. The second-order valence-corrected chi connectivity index (χ2v) is 11.2. The molecule has 8 heteroatoms. The van der Waals surface area contributed by atoms with Gasteiger partial charge in [0.1, 0.15) is 18.3 Å². The molecule has 0 aromatic heterocycles. The molecule has 3 fully saturated rings. The van der Waals surface area contributed by atoms with Crippen molar-refractivity contribution in [3.63, 3.8) is 0 Å². The second kappa shape index (κ2) is 9.50. The minimum atomic E-state index is -4.05. The Morgan fingerprint density at radius 1 is 0.971 bits per heavy atom. The van der Waals surface area contributed by atoms with Gasteiger partial charge in [-0.25, -0.2) is 4.79 Å². The first-order valence-electron chi connectivity index (χ1n) is 12.1. The van der Waals surface area contributed by atoms with Crippen molar-refractivity contribution in [2.75, 3.05) is 0 Å². The van der Waals surface area contributed by atoms with Gasteiger partial charge >= 0.3 is 5.97 Å². The van der Waals surface area contributed by atoms with Crippen LogP contribution < -0.4 is 0 Å². The van der Waals surface area contributed by atoms with Crippen molar-refractivity contribution in [3.05, 3.63) is 77.9 Å². The number of esters is 1. The summed E-state index contributed by atoms with van der Waals surface area (Å²) >= 11 is 0. The molecule has 1 spiro atoms. The summed E-state index contributed by atoms with van der Waals surface area (Å²) < 4.78 is 50.6. The van der Waals surface area contributed by atoms with Crippen LogP contribution in [0.1, 0.15) is 54.4 Å². The fourth-order valence-corrected chi connectivity index (χ4v) is 6.23. The first-order valence-corrected chi connectivity index (χ1v) is 13.5. The predicted octanol–water partition coefficient (Wildman–Crippen LogP) is 4.70. The van der Waals surface area contributed by atoms with Crippen molar-refractivity contribution < 1.29 is 31.6 Å². The number of rotatable bonds is 5. The third-order valence-electron chi connectivity index (χ3n) is 6.97. The van der Waals surface area contributed by atoms with Crippen molar-refractivity contribution in [2.24, 2.45) is 0 Å². The minimum Gasteiger partial charge on any atom is -0.451 e. The van der Waals surface area contributed by atoms with E-state index < -0.39 is 46.3 Å².